The molecule has 1 aliphatic heterocycles. The lowest BCUT2D eigenvalue weighted by atomic mass is 10.2. The maximum atomic E-state index is 12.5. The molecule has 0 atom stereocenters. The van der Waals surface area contributed by atoms with Gasteiger partial charge in [-0.2, -0.15) is 0 Å². The second-order valence-electron chi connectivity index (χ2n) is 5.50. The lowest BCUT2D eigenvalue weighted by Gasteiger charge is -2.35. The molecule has 0 spiro atoms. The number of nitrogens with zero attached hydrogens (tertiary/aromatic N) is 3. The van der Waals surface area contributed by atoms with Gasteiger partial charge in [0.15, 0.2) is 0 Å². The minimum Gasteiger partial charge on any atom is -0.462 e. The zero-order valence-corrected chi connectivity index (χ0v) is 16.2. The molecule has 0 bridgehead atoms. The Bertz CT molecular complexity index is 755. The summed E-state index contributed by atoms with van der Waals surface area (Å²) in [6.45, 7) is 4.82. The van der Waals surface area contributed by atoms with Crippen molar-refractivity contribution in [3.05, 3.63) is 44.7 Å². The molecule has 1 saturated heterocycles. The van der Waals surface area contributed by atoms with Crippen LogP contribution in [0, 0.1) is 0 Å². The number of halogens is 1. The normalized spacial score (nSPS) is 14.5. The van der Waals surface area contributed by atoms with Crippen molar-refractivity contribution in [3.63, 3.8) is 0 Å². The summed E-state index contributed by atoms with van der Waals surface area (Å²) in [7, 11) is 0. The lowest BCUT2D eigenvalue weighted by molar-refractivity contribution is 0.0525. The Morgan fingerprint density at radius 3 is 2.56 bits per heavy atom. The Kier molecular flexibility index (Phi) is 5.70. The molecule has 2 aromatic heterocycles. The number of anilines is 1. The minimum absolute atomic E-state index is 0.0622. The molecule has 8 heteroatoms. The Labute approximate surface area is 158 Å². The summed E-state index contributed by atoms with van der Waals surface area (Å²) >= 11 is 4.87. The number of hydrogen-bond donors (Lipinski definition) is 0. The van der Waals surface area contributed by atoms with E-state index in [4.69, 9.17) is 4.74 Å². The van der Waals surface area contributed by atoms with Crippen LogP contribution in [0.15, 0.2) is 34.2 Å². The molecule has 0 aromatic carbocycles. The van der Waals surface area contributed by atoms with E-state index in [0.717, 1.165) is 15.2 Å². The summed E-state index contributed by atoms with van der Waals surface area (Å²) in [5, 5.41) is 1.91. The maximum Gasteiger partial charge on any atom is 0.339 e. The number of pyridine rings is 1. The summed E-state index contributed by atoms with van der Waals surface area (Å²) < 4.78 is 5.81. The van der Waals surface area contributed by atoms with Gasteiger partial charge in [0.1, 0.15) is 10.7 Å². The van der Waals surface area contributed by atoms with Crippen molar-refractivity contribution in [1.82, 2.24) is 9.88 Å². The first-order chi connectivity index (χ1) is 12.1. The molecule has 0 unspecified atom stereocenters. The fraction of sp³-hybridized carbons (Fsp3) is 0.353. The first kappa shape index (κ1) is 17.9. The largest absolute Gasteiger partial charge is 0.462 e. The fourth-order valence-electron chi connectivity index (χ4n) is 2.64. The Balaban J connectivity index is 1.60. The quantitative estimate of drug-likeness (QED) is 0.707. The van der Waals surface area contributed by atoms with Crippen LogP contribution in [0.2, 0.25) is 0 Å². The van der Waals surface area contributed by atoms with Crippen LogP contribution in [-0.2, 0) is 4.74 Å². The topological polar surface area (TPSA) is 62.7 Å². The lowest BCUT2D eigenvalue weighted by Crippen LogP contribution is -2.49. The highest BCUT2D eigenvalue weighted by Gasteiger charge is 2.25. The minimum atomic E-state index is -0.363. The van der Waals surface area contributed by atoms with Crippen LogP contribution in [0.5, 0.6) is 0 Å². The molecule has 0 N–H and O–H groups in total. The number of piperazine rings is 1. The second-order valence-corrected chi connectivity index (χ2v) is 7.27. The maximum absolute atomic E-state index is 12.5. The zero-order valence-electron chi connectivity index (χ0n) is 13.8. The van der Waals surface area contributed by atoms with E-state index in [9.17, 15) is 9.59 Å². The molecule has 3 rings (SSSR count). The summed E-state index contributed by atoms with van der Waals surface area (Å²) in [6, 6.07) is 5.43. The van der Waals surface area contributed by atoms with E-state index in [2.05, 4.69) is 25.8 Å². The number of ether oxygens (including phenoxy) is 1. The number of thiophene rings is 1. The number of carbonyl (C=O) groups excluding carboxylic acids is 2. The predicted molar refractivity (Wildman–Crippen MR) is 100 cm³/mol. The van der Waals surface area contributed by atoms with E-state index in [0.29, 0.717) is 38.3 Å². The molecule has 6 nitrogen and oxygen atoms in total. The van der Waals surface area contributed by atoms with E-state index in [1.807, 2.05) is 22.4 Å². The molecule has 0 aliphatic carbocycles. The van der Waals surface area contributed by atoms with Crippen LogP contribution in [0.4, 0.5) is 5.82 Å². The summed E-state index contributed by atoms with van der Waals surface area (Å²) in [6.07, 6.45) is 1.54. The molecule has 1 aliphatic rings. The van der Waals surface area contributed by atoms with Crippen LogP contribution in [0.3, 0.4) is 0 Å². The van der Waals surface area contributed by atoms with E-state index in [1.165, 1.54) is 17.5 Å². The van der Waals surface area contributed by atoms with Gasteiger partial charge in [-0.05, 0) is 46.4 Å². The first-order valence-electron chi connectivity index (χ1n) is 8.00. The highest BCUT2D eigenvalue weighted by Crippen LogP contribution is 2.25. The van der Waals surface area contributed by atoms with Gasteiger partial charge in [-0.1, -0.05) is 0 Å². The molecule has 1 fully saturated rings. The third kappa shape index (κ3) is 4.01. The molecule has 0 radical (unpaired) electrons. The predicted octanol–water partition coefficient (Wildman–Crippen LogP) is 3.04. The van der Waals surface area contributed by atoms with Gasteiger partial charge in [0.25, 0.3) is 5.91 Å². The number of esters is 1. The Morgan fingerprint density at radius 1 is 1.24 bits per heavy atom. The fourth-order valence-corrected chi connectivity index (χ4v) is 4.14. The highest BCUT2D eigenvalue weighted by molar-refractivity contribution is 9.10. The van der Waals surface area contributed by atoms with Gasteiger partial charge in [-0.25, -0.2) is 9.78 Å². The molecule has 0 saturated carbocycles. The smallest absolute Gasteiger partial charge is 0.339 e. The SMILES string of the molecule is CCOC(=O)c1ccc(N2CCN(C(=O)c3sccc3Br)CC2)nc1. The molecule has 1 amide bonds. The summed E-state index contributed by atoms with van der Waals surface area (Å²) in [5.41, 5.74) is 0.446. The van der Waals surface area contributed by atoms with Crippen LogP contribution < -0.4 is 4.90 Å². The van der Waals surface area contributed by atoms with Crippen molar-refractivity contribution < 1.29 is 14.3 Å². The van der Waals surface area contributed by atoms with Crippen LogP contribution in [0.25, 0.3) is 0 Å². The van der Waals surface area contributed by atoms with Crippen LogP contribution >= 0.6 is 27.3 Å². The van der Waals surface area contributed by atoms with Crippen molar-refractivity contribution in [2.24, 2.45) is 0 Å². The number of rotatable bonds is 4. The van der Waals surface area contributed by atoms with Gasteiger partial charge in [0.05, 0.1) is 12.2 Å². The average Bonchev–Trinajstić information content (AvgIpc) is 3.07. The number of carbonyl (C=O) groups is 2. The van der Waals surface area contributed by atoms with Gasteiger partial charge in [-0.3, -0.25) is 4.79 Å². The number of hydrogen-bond acceptors (Lipinski definition) is 6. The summed E-state index contributed by atoms with van der Waals surface area (Å²) in [4.78, 5) is 33.3. The second kappa shape index (κ2) is 7.97. The van der Waals surface area contributed by atoms with E-state index in [1.54, 1.807) is 13.0 Å². The van der Waals surface area contributed by atoms with Crippen molar-refractivity contribution in [3.8, 4) is 0 Å². The summed E-state index contributed by atoms with van der Waals surface area (Å²) in [5.74, 6) is 0.503. The van der Waals surface area contributed by atoms with Gasteiger partial charge < -0.3 is 14.5 Å². The first-order valence-corrected chi connectivity index (χ1v) is 9.67. The third-order valence-electron chi connectivity index (χ3n) is 3.96. The highest BCUT2D eigenvalue weighted by atomic mass is 79.9. The molecular formula is C17H18BrN3O3S. The van der Waals surface area contributed by atoms with E-state index >= 15 is 0 Å². The van der Waals surface area contributed by atoms with Crippen LogP contribution in [0.1, 0.15) is 27.0 Å². The molecule has 25 heavy (non-hydrogen) atoms. The Morgan fingerprint density at radius 2 is 2.00 bits per heavy atom. The van der Waals surface area contributed by atoms with Crippen molar-refractivity contribution in [2.75, 3.05) is 37.7 Å². The molecular weight excluding hydrogens is 406 g/mol. The monoisotopic (exact) mass is 423 g/mol. The zero-order chi connectivity index (χ0) is 17.8. The van der Waals surface area contributed by atoms with Crippen molar-refractivity contribution in [1.29, 1.82) is 0 Å². The van der Waals surface area contributed by atoms with Gasteiger partial charge >= 0.3 is 5.97 Å². The van der Waals surface area contributed by atoms with Crippen LogP contribution in [-0.4, -0.2) is 54.5 Å². The van der Waals surface area contributed by atoms with Gasteiger partial charge in [0, 0.05) is 36.8 Å². The van der Waals surface area contributed by atoms with Crippen molar-refractivity contribution >= 4 is 45.0 Å². The average molecular weight is 424 g/mol. The molecule has 2 aromatic rings. The van der Waals surface area contributed by atoms with Gasteiger partial charge in [0.2, 0.25) is 0 Å². The Hall–Kier alpha value is -1.93. The standard InChI is InChI=1S/C17H18BrN3O3S/c1-2-24-17(23)12-3-4-14(19-11-12)20-6-8-21(9-7-20)16(22)15-13(18)5-10-25-15/h3-5,10-11H,2,6-9H2,1H3. The number of amides is 1. The third-order valence-corrected chi connectivity index (χ3v) is 5.79. The van der Waals surface area contributed by atoms with Gasteiger partial charge in [-0.15, -0.1) is 11.3 Å². The van der Waals surface area contributed by atoms with E-state index < -0.39 is 0 Å². The number of aromatic nitrogens is 1. The van der Waals surface area contributed by atoms with E-state index in [-0.39, 0.29) is 11.9 Å². The molecule has 132 valence electrons. The van der Waals surface area contributed by atoms with Crippen molar-refractivity contribution in [2.45, 2.75) is 6.92 Å². The molecule has 3 heterocycles.